The molecule has 10 heteroatoms. The predicted octanol–water partition coefficient (Wildman–Crippen LogP) is 4.80. The van der Waals surface area contributed by atoms with Crippen molar-refractivity contribution in [2.75, 3.05) is 31.6 Å². The maximum absolute atomic E-state index is 14.1. The third kappa shape index (κ3) is 5.71. The van der Waals surface area contributed by atoms with E-state index in [2.05, 4.69) is 43.8 Å². The number of anilines is 2. The van der Waals surface area contributed by atoms with Crippen LogP contribution >= 0.6 is 0 Å². The number of nitrogens with zero attached hydrogens (tertiary/aromatic N) is 6. The number of fused-ring (bicyclic) bond motifs is 1. The summed E-state index contributed by atoms with van der Waals surface area (Å²) in [6.45, 7) is 3.88. The molecule has 2 N–H and O–H groups in total. The first-order chi connectivity index (χ1) is 21.1. The van der Waals surface area contributed by atoms with Gasteiger partial charge in [-0.15, -0.1) is 0 Å². The second-order valence-electron chi connectivity index (χ2n) is 11.2. The Hall–Kier alpha value is -4.67. The van der Waals surface area contributed by atoms with Crippen molar-refractivity contribution in [1.82, 2.24) is 34.4 Å². The van der Waals surface area contributed by atoms with Gasteiger partial charge < -0.3 is 19.9 Å². The molecule has 0 radical (unpaired) electrons. The summed E-state index contributed by atoms with van der Waals surface area (Å²) in [6, 6.07) is 14.1. The zero-order valence-electron chi connectivity index (χ0n) is 24.2. The van der Waals surface area contributed by atoms with Crippen molar-refractivity contribution in [2.24, 2.45) is 13.0 Å². The molecule has 7 rings (SSSR count). The van der Waals surface area contributed by atoms with Gasteiger partial charge in [0.15, 0.2) is 5.82 Å². The van der Waals surface area contributed by atoms with Crippen LogP contribution in [-0.2, 0) is 18.3 Å². The molecule has 1 saturated heterocycles. The molecule has 10 nitrogen and oxygen atoms in total. The maximum Gasteiger partial charge on any atom is 0.260 e. The van der Waals surface area contributed by atoms with E-state index in [0.717, 1.165) is 49.1 Å². The van der Waals surface area contributed by atoms with Gasteiger partial charge >= 0.3 is 0 Å². The summed E-state index contributed by atoms with van der Waals surface area (Å²) in [4.78, 5) is 32.7. The summed E-state index contributed by atoms with van der Waals surface area (Å²) < 4.78 is 9.35. The summed E-state index contributed by atoms with van der Waals surface area (Å²) in [5, 5.41) is 7.48. The molecule has 43 heavy (non-hydrogen) atoms. The van der Waals surface area contributed by atoms with Gasteiger partial charge in [-0.1, -0.05) is 18.2 Å². The van der Waals surface area contributed by atoms with Crippen molar-refractivity contribution in [3.8, 4) is 22.6 Å². The van der Waals surface area contributed by atoms with Crippen LogP contribution in [0.2, 0.25) is 0 Å². The van der Waals surface area contributed by atoms with Crippen molar-refractivity contribution in [1.29, 1.82) is 0 Å². The fraction of sp³-hybridized carbons (Fsp3) is 0.303. The molecule has 0 atom stereocenters. The van der Waals surface area contributed by atoms with Crippen LogP contribution in [0.1, 0.15) is 24.8 Å². The van der Waals surface area contributed by atoms with Gasteiger partial charge in [0.05, 0.1) is 11.3 Å². The molecule has 218 valence electrons. The largest absolute Gasteiger partial charge is 0.381 e. The Labute approximate surface area is 249 Å². The van der Waals surface area contributed by atoms with E-state index in [-0.39, 0.29) is 5.56 Å². The molecule has 2 aliphatic rings. The number of aromatic nitrogens is 6. The zero-order valence-corrected chi connectivity index (χ0v) is 24.2. The third-order valence-electron chi connectivity index (χ3n) is 8.32. The molecular weight excluding hydrogens is 540 g/mol. The normalized spacial score (nSPS) is 15.9. The molecular formula is C33H34N8O2. The highest BCUT2D eigenvalue weighted by Crippen LogP contribution is 2.26. The molecule has 0 bridgehead atoms. The van der Waals surface area contributed by atoms with E-state index in [4.69, 9.17) is 9.72 Å². The SMILES string of the molecule is Cn1cccc1-c1ncc(-c2cc3cnc(Nc4ccc(C5=CCNCC5)cc4)nc3n(CC3CCOCC3)c2=O)cn1. The van der Waals surface area contributed by atoms with E-state index >= 15 is 0 Å². The second-order valence-corrected chi connectivity index (χ2v) is 11.2. The molecule has 1 fully saturated rings. The van der Waals surface area contributed by atoms with Crippen molar-refractivity contribution in [3.05, 3.63) is 89.2 Å². The van der Waals surface area contributed by atoms with E-state index in [9.17, 15) is 4.79 Å². The summed E-state index contributed by atoms with van der Waals surface area (Å²) >= 11 is 0. The van der Waals surface area contributed by atoms with E-state index < -0.39 is 0 Å². The second kappa shape index (κ2) is 11.9. The Balaban J connectivity index is 1.23. The highest BCUT2D eigenvalue weighted by atomic mass is 16.5. The van der Waals surface area contributed by atoms with Crippen molar-refractivity contribution < 1.29 is 4.74 Å². The van der Waals surface area contributed by atoms with Crippen LogP contribution in [0.4, 0.5) is 11.6 Å². The molecule has 6 heterocycles. The number of hydrogen-bond donors (Lipinski definition) is 2. The lowest BCUT2D eigenvalue weighted by Crippen LogP contribution is -2.29. The lowest BCUT2D eigenvalue weighted by Gasteiger charge is -2.23. The van der Waals surface area contributed by atoms with Crippen LogP contribution in [0.15, 0.2) is 78.1 Å². The van der Waals surface area contributed by atoms with Crippen LogP contribution in [0.5, 0.6) is 0 Å². The number of aryl methyl sites for hydroxylation is 1. The molecule has 0 saturated carbocycles. The van der Waals surface area contributed by atoms with Crippen molar-refractivity contribution in [3.63, 3.8) is 0 Å². The van der Waals surface area contributed by atoms with Gasteiger partial charge in [0.1, 0.15) is 5.65 Å². The van der Waals surface area contributed by atoms with E-state index in [1.807, 2.05) is 48.1 Å². The minimum atomic E-state index is -0.113. The molecule has 1 aromatic carbocycles. The Bertz CT molecular complexity index is 1830. The van der Waals surface area contributed by atoms with Gasteiger partial charge in [-0.2, -0.15) is 4.98 Å². The van der Waals surface area contributed by atoms with Gasteiger partial charge in [-0.25, -0.2) is 15.0 Å². The maximum atomic E-state index is 14.1. The van der Waals surface area contributed by atoms with Crippen LogP contribution in [0, 0.1) is 5.92 Å². The molecule has 2 aliphatic heterocycles. The molecule has 5 aromatic rings. The zero-order chi connectivity index (χ0) is 29.2. The van der Waals surface area contributed by atoms with Crippen LogP contribution in [0.3, 0.4) is 0 Å². The fourth-order valence-corrected chi connectivity index (χ4v) is 5.86. The Morgan fingerprint density at radius 3 is 2.56 bits per heavy atom. The Morgan fingerprint density at radius 2 is 1.84 bits per heavy atom. The standard InChI is InChI=1S/C33H34N8O2/c1-40-14-2-3-29(40)30-35-19-26(20-36-30)28-17-25-18-37-33(38-27-6-4-23(5-7-27)24-8-12-34-13-9-24)39-31(25)41(32(28)42)21-22-10-15-43-16-11-22/h2-8,14,17-20,22,34H,9-13,15-16,21H2,1H3,(H,37,38,39). The van der Waals surface area contributed by atoms with Gasteiger partial charge in [0.25, 0.3) is 5.56 Å². The van der Waals surface area contributed by atoms with Crippen molar-refractivity contribution in [2.45, 2.75) is 25.8 Å². The first-order valence-corrected chi connectivity index (χ1v) is 14.8. The molecule has 4 aromatic heterocycles. The van der Waals surface area contributed by atoms with Crippen LogP contribution < -0.4 is 16.2 Å². The Morgan fingerprint density at radius 1 is 1.02 bits per heavy atom. The highest BCUT2D eigenvalue weighted by Gasteiger charge is 2.20. The topological polar surface area (TPSA) is 112 Å². The van der Waals surface area contributed by atoms with Crippen molar-refractivity contribution >= 4 is 28.2 Å². The monoisotopic (exact) mass is 574 g/mol. The minimum absolute atomic E-state index is 0.113. The first-order valence-electron chi connectivity index (χ1n) is 14.8. The molecule has 0 spiro atoms. The average molecular weight is 575 g/mol. The molecule has 0 unspecified atom stereocenters. The summed E-state index contributed by atoms with van der Waals surface area (Å²) in [5.41, 5.74) is 6.08. The average Bonchev–Trinajstić information content (AvgIpc) is 3.49. The van der Waals surface area contributed by atoms with Gasteiger partial charge in [-0.05, 0) is 73.2 Å². The highest BCUT2D eigenvalue weighted by molar-refractivity contribution is 5.82. The number of benzene rings is 1. The quantitative estimate of drug-likeness (QED) is 0.285. The lowest BCUT2D eigenvalue weighted by atomic mass is 10.00. The van der Waals surface area contributed by atoms with Gasteiger partial charge in [0, 0.05) is 74.8 Å². The number of pyridine rings is 1. The fourth-order valence-electron chi connectivity index (χ4n) is 5.86. The third-order valence-corrected chi connectivity index (χ3v) is 8.32. The molecule has 0 aliphatic carbocycles. The van der Waals surface area contributed by atoms with E-state index in [1.54, 1.807) is 23.2 Å². The summed E-state index contributed by atoms with van der Waals surface area (Å²) in [6.07, 6.45) is 12.2. The van der Waals surface area contributed by atoms with Crippen LogP contribution in [-0.4, -0.2) is 55.4 Å². The lowest BCUT2D eigenvalue weighted by molar-refractivity contribution is 0.0613. The summed E-state index contributed by atoms with van der Waals surface area (Å²) in [7, 11) is 1.95. The van der Waals surface area contributed by atoms with E-state index in [0.29, 0.717) is 54.2 Å². The predicted molar refractivity (Wildman–Crippen MR) is 168 cm³/mol. The van der Waals surface area contributed by atoms with Crippen LogP contribution in [0.25, 0.3) is 39.3 Å². The smallest absolute Gasteiger partial charge is 0.260 e. The van der Waals surface area contributed by atoms with E-state index in [1.165, 1.54) is 11.1 Å². The number of ether oxygens (including phenoxy) is 1. The van der Waals surface area contributed by atoms with Gasteiger partial charge in [0.2, 0.25) is 5.95 Å². The minimum Gasteiger partial charge on any atom is -0.381 e. The van der Waals surface area contributed by atoms with Gasteiger partial charge in [-0.3, -0.25) is 9.36 Å². The number of nitrogens with one attached hydrogen (secondary N) is 2. The molecule has 0 amide bonds. The first kappa shape index (κ1) is 27.2. The number of hydrogen-bond acceptors (Lipinski definition) is 8. The Kier molecular flexibility index (Phi) is 7.53. The summed E-state index contributed by atoms with van der Waals surface area (Å²) in [5.74, 6) is 1.38. The number of rotatable bonds is 7.